The molecule has 0 saturated carbocycles. The molecule has 0 atom stereocenters. The molecule has 0 aliphatic heterocycles. The van der Waals surface area contributed by atoms with Crippen molar-refractivity contribution in [1.82, 2.24) is 9.55 Å². The van der Waals surface area contributed by atoms with Crippen LogP contribution in [0.2, 0.25) is 0 Å². The predicted octanol–water partition coefficient (Wildman–Crippen LogP) is 2.05. The van der Waals surface area contributed by atoms with Crippen LogP contribution in [0, 0.1) is 5.41 Å². The van der Waals surface area contributed by atoms with Gasteiger partial charge in [0, 0.05) is 24.9 Å². The van der Waals surface area contributed by atoms with Gasteiger partial charge in [0.1, 0.15) is 5.82 Å². The molecule has 3 heteroatoms. The summed E-state index contributed by atoms with van der Waals surface area (Å²) in [6.07, 6.45) is 6.89. The van der Waals surface area contributed by atoms with Crippen LogP contribution < -0.4 is 0 Å². The summed E-state index contributed by atoms with van der Waals surface area (Å²) in [4.78, 5) is 15.6. The maximum Gasteiger partial charge on any atom is 0.161 e. The SMILES string of the molecule is Cn1ccnc1/C=C/C(=O)C(C)(C)C. The highest BCUT2D eigenvalue weighted by atomic mass is 16.1. The number of hydrogen-bond acceptors (Lipinski definition) is 2. The minimum absolute atomic E-state index is 0.112. The lowest BCUT2D eigenvalue weighted by Crippen LogP contribution is -2.17. The van der Waals surface area contributed by atoms with Crippen LogP contribution in [0.3, 0.4) is 0 Å². The zero-order chi connectivity index (χ0) is 10.8. The van der Waals surface area contributed by atoms with E-state index in [-0.39, 0.29) is 11.2 Å². The summed E-state index contributed by atoms with van der Waals surface area (Å²) < 4.78 is 1.87. The summed E-state index contributed by atoms with van der Waals surface area (Å²) in [7, 11) is 1.90. The second kappa shape index (κ2) is 3.78. The number of allylic oxidation sites excluding steroid dienone is 1. The highest BCUT2D eigenvalue weighted by Crippen LogP contribution is 2.15. The van der Waals surface area contributed by atoms with Crippen molar-refractivity contribution in [3.8, 4) is 0 Å². The lowest BCUT2D eigenvalue weighted by molar-refractivity contribution is -0.121. The molecule has 0 saturated heterocycles. The van der Waals surface area contributed by atoms with Crippen LogP contribution >= 0.6 is 0 Å². The zero-order valence-electron chi connectivity index (χ0n) is 9.11. The third kappa shape index (κ3) is 2.55. The average Bonchev–Trinajstić information content (AvgIpc) is 2.45. The van der Waals surface area contributed by atoms with Gasteiger partial charge in [0.2, 0.25) is 0 Å². The number of hydrogen-bond donors (Lipinski definition) is 0. The smallest absolute Gasteiger partial charge is 0.161 e. The number of rotatable bonds is 2. The van der Waals surface area contributed by atoms with Gasteiger partial charge in [-0.3, -0.25) is 4.79 Å². The summed E-state index contributed by atoms with van der Waals surface area (Å²) in [6, 6.07) is 0. The molecule has 76 valence electrons. The fraction of sp³-hybridized carbons (Fsp3) is 0.455. The quantitative estimate of drug-likeness (QED) is 0.672. The molecule has 0 N–H and O–H groups in total. The van der Waals surface area contributed by atoms with E-state index in [2.05, 4.69) is 4.98 Å². The molecule has 0 radical (unpaired) electrons. The van der Waals surface area contributed by atoms with E-state index in [1.165, 1.54) is 0 Å². The molecule has 14 heavy (non-hydrogen) atoms. The maximum atomic E-state index is 11.5. The van der Waals surface area contributed by atoms with E-state index in [1.807, 2.05) is 38.6 Å². The molecular weight excluding hydrogens is 176 g/mol. The lowest BCUT2D eigenvalue weighted by atomic mass is 9.91. The van der Waals surface area contributed by atoms with Crippen LogP contribution in [0.15, 0.2) is 18.5 Å². The van der Waals surface area contributed by atoms with Gasteiger partial charge in [-0.2, -0.15) is 0 Å². The van der Waals surface area contributed by atoms with Crippen molar-refractivity contribution >= 4 is 11.9 Å². The second-order valence-corrected chi connectivity index (χ2v) is 4.34. The number of carbonyl (C=O) groups excluding carboxylic acids is 1. The highest BCUT2D eigenvalue weighted by molar-refractivity contribution is 5.96. The van der Waals surface area contributed by atoms with E-state index in [4.69, 9.17) is 0 Å². The van der Waals surface area contributed by atoms with Crippen LogP contribution in [0.1, 0.15) is 26.6 Å². The van der Waals surface area contributed by atoms with Crippen molar-refractivity contribution in [3.05, 3.63) is 24.3 Å². The van der Waals surface area contributed by atoms with Crippen LogP contribution in [0.4, 0.5) is 0 Å². The van der Waals surface area contributed by atoms with E-state index in [0.29, 0.717) is 0 Å². The van der Waals surface area contributed by atoms with Crippen molar-refractivity contribution in [3.63, 3.8) is 0 Å². The van der Waals surface area contributed by atoms with Gasteiger partial charge in [0.15, 0.2) is 5.78 Å². The summed E-state index contributed by atoms with van der Waals surface area (Å²) in [5.41, 5.74) is -0.318. The Labute approximate surface area is 84.5 Å². The first kappa shape index (κ1) is 10.7. The standard InChI is InChI=1S/C11H16N2O/c1-11(2,3)9(14)5-6-10-12-7-8-13(10)4/h5-8H,1-4H3/b6-5+. The zero-order valence-corrected chi connectivity index (χ0v) is 9.11. The van der Waals surface area contributed by atoms with Crippen LogP contribution in [-0.4, -0.2) is 15.3 Å². The summed E-state index contributed by atoms with van der Waals surface area (Å²) in [5, 5.41) is 0. The molecule has 0 spiro atoms. The number of aryl methyl sites for hydroxylation is 1. The van der Waals surface area contributed by atoms with Gasteiger partial charge in [-0.05, 0) is 12.2 Å². The number of imidazole rings is 1. The van der Waals surface area contributed by atoms with E-state index in [9.17, 15) is 4.79 Å². The van der Waals surface area contributed by atoms with Gasteiger partial charge in [-0.25, -0.2) is 4.98 Å². The number of aromatic nitrogens is 2. The van der Waals surface area contributed by atoms with Crippen molar-refractivity contribution in [2.75, 3.05) is 0 Å². The highest BCUT2D eigenvalue weighted by Gasteiger charge is 2.17. The van der Waals surface area contributed by atoms with Gasteiger partial charge >= 0.3 is 0 Å². The molecule has 0 fully saturated rings. The molecular formula is C11H16N2O. The maximum absolute atomic E-state index is 11.5. The topological polar surface area (TPSA) is 34.9 Å². The Bertz CT molecular complexity index is 356. The minimum atomic E-state index is -0.318. The lowest BCUT2D eigenvalue weighted by Gasteiger charge is -2.12. The van der Waals surface area contributed by atoms with Crippen LogP contribution in [-0.2, 0) is 11.8 Å². The van der Waals surface area contributed by atoms with Crippen LogP contribution in [0.5, 0.6) is 0 Å². The van der Waals surface area contributed by atoms with Gasteiger partial charge in [0.05, 0.1) is 0 Å². The van der Waals surface area contributed by atoms with Crippen molar-refractivity contribution in [2.24, 2.45) is 12.5 Å². The van der Waals surface area contributed by atoms with E-state index in [1.54, 1.807) is 18.3 Å². The fourth-order valence-electron chi connectivity index (χ4n) is 0.938. The van der Waals surface area contributed by atoms with Gasteiger partial charge < -0.3 is 4.57 Å². The molecule has 0 aliphatic carbocycles. The number of carbonyl (C=O) groups is 1. The second-order valence-electron chi connectivity index (χ2n) is 4.34. The van der Waals surface area contributed by atoms with Gasteiger partial charge in [-0.1, -0.05) is 20.8 Å². The Kier molecular flexibility index (Phi) is 2.89. The van der Waals surface area contributed by atoms with Crippen molar-refractivity contribution in [1.29, 1.82) is 0 Å². The van der Waals surface area contributed by atoms with Crippen molar-refractivity contribution in [2.45, 2.75) is 20.8 Å². The minimum Gasteiger partial charge on any atom is -0.335 e. The third-order valence-corrected chi connectivity index (χ3v) is 1.98. The molecule has 0 bridgehead atoms. The summed E-state index contributed by atoms with van der Waals surface area (Å²) in [6.45, 7) is 5.70. The Morgan fingerprint density at radius 2 is 2.14 bits per heavy atom. The Hall–Kier alpha value is -1.38. The number of nitrogens with zero attached hydrogens (tertiary/aromatic N) is 2. The van der Waals surface area contributed by atoms with Gasteiger partial charge in [0.25, 0.3) is 0 Å². The molecule has 0 unspecified atom stereocenters. The number of ketones is 1. The summed E-state index contributed by atoms with van der Waals surface area (Å²) >= 11 is 0. The molecule has 3 nitrogen and oxygen atoms in total. The monoisotopic (exact) mass is 192 g/mol. The molecule has 0 amide bonds. The Morgan fingerprint density at radius 3 is 2.57 bits per heavy atom. The van der Waals surface area contributed by atoms with Gasteiger partial charge in [-0.15, -0.1) is 0 Å². The summed E-state index contributed by atoms with van der Waals surface area (Å²) in [5.74, 6) is 0.906. The molecule has 1 rings (SSSR count). The largest absolute Gasteiger partial charge is 0.335 e. The van der Waals surface area contributed by atoms with E-state index < -0.39 is 0 Å². The Balaban J connectivity index is 2.75. The van der Waals surface area contributed by atoms with Crippen LogP contribution in [0.25, 0.3) is 6.08 Å². The normalized spacial score (nSPS) is 12.3. The molecule has 1 heterocycles. The Morgan fingerprint density at radius 1 is 1.50 bits per heavy atom. The first-order valence-corrected chi connectivity index (χ1v) is 4.61. The fourth-order valence-corrected chi connectivity index (χ4v) is 0.938. The third-order valence-electron chi connectivity index (χ3n) is 1.98. The van der Waals surface area contributed by atoms with E-state index in [0.717, 1.165) is 5.82 Å². The molecule has 1 aromatic rings. The average molecular weight is 192 g/mol. The first-order valence-electron chi connectivity index (χ1n) is 4.61. The van der Waals surface area contributed by atoms with E-state index >= 15 is 0 Å². The van der Waals surface area contributed by atoms with Crippen molar-refractivity contribution < 1.29 is 4.79 Å². The molecule has 0 aromatic carbocycles. The first-order chi connectivity index (χ1) is 6.41. The molecule has 1 aromatic heterocycles. The molecule has 0 aliphatic rings. The predicted molar refractivity (Wildman–Crippen MR) is 56.7 cm³/mol.